The van der Waals surface area contributed by atoms with Crippen molar-refractivity contribution in [3.05, 3.63) is 53.6 Å². The lowest BCUT2D eigenvalue weighted by Gasteiger charge is -2.37. The monoisotopic (exact) mass is 486 g/mol. The molecule has 36 heavy (non-hydrogen) atoms. The summed E-state index contributed by atoms with van der Waals surface area (Å²) in [6, 6.07) is 14.9. The molecule has 3 aromatic rings. The predicted octanol–water partition coefficient (Wildman–Crippen LogP) is 0.916. The number of hydrogen-bond donors (Lipinski definition) is 5. The Morgan fingerprint density at radius 3 is 1.83 bits per heavy atom. The van der Waals surface area contributed by atoms with Crippen LogP contribution < -0.4 is 38.1 Å². The minimum absolute atomic E-state index is 0.0273. The van der Waals surface area contributed by atoms with Crippen LogP contribution in [0.15, 0.2) is 42.5 Å². The number of hydrogen-bond acceptors (Lipinski definition) is 10. The highest BCUT2D eigenvalue weighted by molar-refractivity contribution is 5.79. The van der Waals surface area contributed by atoms with E-state index in [4.69, 9.17) is 37.9 Å². The molecular weight excluding hydrogens is 452 g/mol. The van der Waals surface area contributed by atoms with E-state index in [2.05, 4.69) is 57.6 Å². The van der Waals surface area contributed by atoms with Gasteiger partial charge in [0.15, 0.2) is 0 Å². The van der Waals surface area contributed by atoms with Crippen molar-refractivity contribution in [2.24, 2.45) is 22.9 Å². The minimum atomic E-state index is -0.0273. The van der Waals surface area contributed by atoms with Gasteiger partial charge in [0.25, 0.3) is 0 Å². The van der Waals surface area contributed by atoms with Gasteiger partial charge >= 0.3 is 0 Å². The normalized spacial score (nSPS) is 25.4. The zero-order valence-electron chi connectivity index (χ0n) is 20.3. The maximum Gasteiger partial charge on any atom is 0.233 e. The van der Waals surface area contributed by atoms with Gasteiger partial charge in [-0.05, 0) is 53.6 Å². The van der Waals surface area contributed by atoms with Crippen LogP contribution in [0.1, 0.15) is 24.0 Å². The van der Waals surface area contributed by atoms with Crippen LogP contribution in [-0.2, 0) is 6.42 Å². The van der Waals surface area contributed by atoms with Crippen molar-refractivity contribution in [1.82, 2.24) is 15.0 Å². The van der Waals surface area contributed by atoms with E-state index in [0.717, 1.165) is 24.9 Å². The summed E-state index contributed by atoms with van der Waals surface area (Å²) in [4.78, 5) is 18.5. The molecule has 6 rings (SSSR count). The van der Waals surface area contributed by atoms with Crippen molar-refractivity contribution < 1.29 is 0 Å². The van der Waals surface area contributed by atoms with Gasteiger partial charge in [-0.1, -0.05) is 30.3 Å². The van der Waals surface area contributed by atoms with E-state index >= 15 is 0 Å². The SMILES string of the molecule is N[C@@H]1C[C@H](N)CN(c2nc(Nc3ccc4c(c3)Cc3ccccc3-4)nc(N3C[C@H](N)C[C@H](N)C3)n2)C1. The van der Waals surface area contributed by atoms with Gasteiger partial charge in [-0.3, -0.25) is 0 Å². The summed E-state index contributed by atoms with van der Waals surface area (Å²) < 4.78 is 0. The molecule has 2 saturated heterocycles. The number of nitrogens with two attached hydrogens (primary N) is 4. The molecule has 2 aromatic carbocycles. The third-order valence-corrected chi connectivity index (χ3v) is 7.26. The molecule has 2 fully saturated rings. The Hall–Kier alpha value is -3.31. The molecule has 0 bridgehead atoms. The van der Waals surface area contributed by atoms with E-state index < -0.39 is 0 Å². The molecule has 2 aliphatic heterocycles. The summed E-state index contributed by atoms with van der Waals surface area (Å²) >= 11 is 0. The lowest BCUT2D eigenvalue weighted by Crippen LogP contribution is -2.54. The van der Waals surface area contributed by atoms with Gasteiger partial charge in [-0.15, -0.1) is 0 Å². The number of rotatable bonds is 4. The lowest BCUT2D eigenvalue weighted by atomic mass is 10.0. The average molecular weight is 487 g/mol. The van der Waals surface area contributed by atoms with Crippen LogP contribution in [0.4, 0.5) is 23.5 Å². The van der Waals surface area contributed by atoms with Crippen molar-refractivity contribution in [2.45, 2.75) is 43.4 Å². The molecule has 0 amide bonds. The molecule has 10 heteroatoms. The number of aromatic nitrogens is 3. The number of piperidine rings is 2. The summed E-state index contributed by atoms with van der Waals surface area (Å²) in [5.74, 6) is 1.61. The predicted molar refractivity (Wildman–Crippen MR) is 143 cm³/mol. The first-order chi connectivity index (χ1) is 17.4. The number of nitrogens with one attached hydrogen (secondary N) is 1. The zero-order chi connectivity index (χ0) is 24.8. The van der Waals surface area contributed by atoms with E-state index in [1.807, 2.05) is 0 Å². The van der Waals surface area contributed by atoms with Crippen LogP contribution in [0.5, 0.6) is 0 Å². The van der Waals surface area contributed by atoms with Gasteiger partial charge in [0.1, 0.15) is 0 Å². The number of anilines is 4. The number of benzene rings is 2. The second-order valence-corrected chi connectivity index (χ2v) is 10.4. The molecule has 10 nitrogen and oxygen atoms in total. The molecule has 9 N–H and O–H groups in total. The molecule has 0 radical (unpaired) electrons. The van der Waals surface area contributed by atoms with E-state index in [-0.39, 0.29) is 24.2 Å². The third-order valence-electron chi connectivity index (χ3n) is 7.26. The van der Waals surface area contributed by atoms with Gasteiger partial charge in [0.2, 0.25) is 17.8 Å². The van der Waals surface area contributed by atoms with Crippen LogP contribution in [0.25, 0.3) is 11.1 Å². The molecular formula is C26H34N10. The van der Waals surface area contributed by atoms with Gasteiger partial charge < -0.3 is 38.1 Å². The first-order valence-electron chi connectivity index (χ1n) is 12.7. The fourth-order valence-corrected chi connectivity index (χ4v) is 5.73. The van der Waals surface area contributed by atoms with Crippen molar-refractivity contribution in [1.29, 1.82) is 0 Å². The molecule has 0 spiro atoms. The molecule has 1 aliphatic carbocycles. The number of fused-ring (bicyclic) bond motifs is 3. The average Bonchev–Trinajstić information content (AvgIpc) is 3.20. The minimum Gasteiger partial charge on any atom is -0.338 e. The Kier molecular flexibility index (Phi) is 5.96. The van der Waals surface area contributed by atoms with Crippen molar-refractivity contribution in [3.8, 4) is 11.1 Å². The second-order valence-electron chi connectivity index (χ2n) is 10.4. The molecule has 1 aromatic heterocycles. The Morgan fingerprint density at radius 1 is 0.667 bits per heavy atom. The lowest BCUT2D eigenvalue weighted by molar-refractivity contribution is 0.441. The van der Waals surface area contributed by atoms with E-state index in [9.17, 15) is 0 Å². The van der Waals surface area contributed by atoms with Crippen molar-refractivity contribution >= 4 is 23.5 Å². The highest BCUT2D eigenvalue weighted by atomic mass is 15.4. The molecule has 3 aliphatic rings. The molecule has 188 valence electrons. The smallest absolute Gasteiger partial charge is 0.233 e. The summed E-state index contributed by atoms with van der Waals surface area (Å²) in [6.45, 7) is 2.58. The van der Waals surface area contributed by atoms with Crippen LogP contribution in [0.3, 0.4) is 0 Å². The van der Waals surface area contributed by atoms with Gasteiger partial charge in [-0.25, -0.2) is 0 Å². The first kappa shape index (κ1) is 23.1. The Balaban J connectivity index is 1.32. The highest BCUT2D eigenvalue weighted by Crippen LogP contribution is 2.38. The second kappa shape index (κ2) is 9.29. The first-order valence-corrected chi connectivity index (χ1v) is 12.7. The fraction of sp³-hybridized carbons (Fsp3) is 0.423. The Labute approximate surface area is 211 Å². The Morgan fingerprint density at radius 2 is 1.22 bits per heavy atom. The van der Waals surface area contributed by atoms with Crippen LogP contribution in [0, 0.1) is 0 Å². The highest BCUT2D eigenvalue weighted by Gasteiger charge is 2.29. The summed E-state index contributed by atoms with van der Waals surface area (Å²) in [5.41, 5.74) is 31.2. The van der Waals surface area contributed by atoms with Crippen LogP contribution in [0.2, 0.25) is 0 Å². The standard InChI is InChI=1S/C26H34N10/c27-17-9-18(28)12-35(11-17)25-32-24(33-26(34-25)36-13-19(29)10-20(30)14-36)31-21-5-6-23-16(8-21)7-15-3-1-2-4-22(15)23/h1-6,8,17-20H,7,9-14,27-30H2,(H,31,32,33,34)/t17-,18+,19-,20+. The summed E-state index contributed by atoms with van der Waals surface area (Å²) in [7, 11) is 0. The largest absolute Gasteiger partial charge is 0.338 e. The topological polar surface area (TPSA) is 161 Å². The molecule has 0 unspecified atom stereocenters. The van der Waals surface area contributed by atoms with Crippen molar-refractivity contribution in [2.75, 3.05) is 41.3 Å². The third kappa shape index (κ3) is 4.60. The van der Waals surface area contributed by atoms with Crippen LogP contribution in [-0.4, -0.2) is 65.3 Å². The maximum absolute atomic E-state index is 6.27. The molecule has 3 heterocycles. The van der Waals surface area contributed by atoms with E-state index in [1.54, 1.807) is 0 Å². The number of nitrogens with zero attached hydrogens (tertiary/aromatic N) is 5. The zero-order valence-corrected chi connectivity index (χ0v) is 20.3. The van der Waals surface area contributed by atoms with Crippen molar-refractivity contribution in [3.63, 3.8) is 0 Å². The van der Waals surface area contributed by atoms with E-state index in [1.165, 1.54) is 22.3 Å². The summed E-state index contributed by atoms with van der Waals surface area (Å²) in [5, 5.41) is 3.42. The summed E-state index contributed by atoms with van der Waals surface area (Å²) in [6.07, 6.45) is 2.49. The van der Waals surface area contributed by atoms with Gasteiger partial charge in [0, 0.05) is 56.0 Å². The molecule has 0 saturated carbocycles. The van der Waals surface area contributed by atoms with E-state index in [0.29, 0.717) is 44.0 Å². The fourth-order valence-electron chi connectivity index (χ4n) is 5.73. The van der Waals surface area contributed by atoms with Gasteiger partial charge in [0.05, 0.1) is 0 Å². The molecule has 4 atom stereocenters. The van der Waals surface area contributed by atoms with Crippen LogP contribution >= 0.6 is 0 Å². The maximum atomic E-state index is 6.27. The Bertz CT molecular complexity index is 1200. The van der Waals surface area contributed by atoms with Gasteiger partial charge in [-0.2, -0.15) is 15.0 Å². The quantitative estimate of drug-likeness (QED) is 0.280.